The molecule has 1 amide bonds. The van der Waals surface area contributed by atoms with Crippen molar-refractivity contribution in [2.24, 2.45) is 5.73 Å². The van der Waals surface area contributed by atoms with Crippen molar-refractivity contribution in [2.45, 2.75) is 10.9 Å². The lowest BCUT2D eigenvalue weighted by molar-refractivity contribution is -0.117. The quantitative estimate of drug-likeness (QED) is 0.841. The number of benzene rings is 2. The minimum atomic E-state index is -0.656. The van der Waals surface area contributed by atoms with Crippen LogP contribution < -0.4 is 11.1 Å². The summed E-state index contributed by atoms with van der Waals surface area (Å²) in [6, 6.07) is 16.4. The maximum Gasteiger partial charge on any atom is 0.245 e. The monoisotopic (exact) mass is 272 g/mol. The molecule has 0 aliphatic carbocycles. The number of anilines is 1. The molecule has 19 heavy (non-hydrogen) atoms. The highest BCUT2D eigenvalue weighted by atomic mass is 32.2. The van der Waals surface area contributed by atoms with Gasteiger partial charge in [0.15, 0.2) is 0 Å². The summed E-state index contributed by atoms with van der Waals surface area (Å²) in [7, 11) is 0. The topological polar surface area (TPSA) is 55.1 Å². The van der Waals surface area contributed by atoms with Crippen LogP contribution in [0.4, 0.5) is 5.69 Å². The highest BCUT2D eigenvalue weighted by Crippen LogP contribution is 2.25. The first-order valence-corrected chi connectivity index (χ1v) is 7.19. The van der Waals surface area contributed by atoms with Crippen molar-refractivity contribution in [3.8, 4) is 0 Å². The van der Waals surface area contributed by atoms with E-state index in [9.17, 15) is 4.79 Å². The molecular weight excluding hydrogens is 256 g/mol. The molecular formula is C15H16N2OS. The maximum atomic E-state index is 12.1. The molecule has 0 spiro atoms. The predicted octanol–water partition coefficient (Wildman–Crippen LogP) is 3.05. The van der Waals surface area contributed by atoms with E-state index in [0.29, 0.717) is 0 Å². The Morgan fingerprint density at radius 1 is 1.11 bits per heavy atom. The lowest BCUT2D eigenvalue weighted by Gasteiger charge is -2.14. The predicted molar refractivity (Wildman–Crippen MR) is 80.2 cm³/mol. The average molecular weight is 272 g/mol. The minimum Gasteiger partial charge on any atom is -0.323 e. The van der Waals surface area contributed by atoms with Crippen LogP contribution in [0.25, 0.3) is 0 Å². The van der Waals surface area contributed by atoms with E-state index in [1.165, 1.54) is 0 Å². The molecule has 0 radical (unpaired) electrons. The molecule has 0 aliphatic heterocycles. The third-order valence-corrected chi connectivity index (χ3v) is 3.60. The zero-order valence-electron chi connectivity index (χ0n) is 10.7. The first kappa shape index (κ1) is 13.6. The Bertz CT molecular complexity index is 557. The standard InChI is InChI=1S/C15H16N2OS/c1-19-13-10-6-5-9-12(13)17-15(18)14(16)11-7-3-2-4-8-11/h2-10,14H,16H2,1H3,(H,17,18)/t14-/m0/s1. The summed E-state index contributed by atoms with van der Waals surface area (Å²) >= 11 is 1.59. The fraction of sp³-hybridized carbons (Fsp3) is 0.133. The highest BCUT2D eigenvalue weighted by Gasteiger charge is 2.16. The van der Waals surface area contributed by atoms with Gasteiger partial charge in [0.1, 0.15) is 6.04 Å². The number of hydrogen-bond acceptors (Lipinski definition) is 3. The zero-order valence-corrected chi connectivity index (χ0v) is 11.5. The van der Waals surface area contributed by atoms with E-state index in [-0.39, 0.29) is 5.91 Å². The van der Waals surface area contributed by atoms with Crippen LogP contribution >= 0.6 is 11.8 Å². The van der Waals surface area contributed by atoms with Gasteiger partial charge in [0.2, 0.25) is 5.91 Å². The van der Waals surface area contributed by atoms with E-state index in [4.69, 9.17) is 5.73 Å². The molecule has 2 aromatic rings. The fourth-order valence-electron chi connectivity index (χ4n) is 1.77. The van der Waals surface area contributed by atoms with Crippen LogP contribution in [0.3, 0.4) is 0 Å². The van der Waals surface area contributed by atoms with Crippen molar-refractivity contribution >= 4 is 23.4 Å². The number of nitrogens with one attached hydrogen (secondary N) is 1. The summed E-state index contributed by atoms with van der Waals surface area (Å²) < 4.78 is 0. The van der Waals surface area contributed by atoms with E-state index in [1.807, 2.05) is 60.9 Å². The van der Waals surface area contributed by atoms with Gasteiger partial charge in [0, 0.05) is 4.90 Å². The van der Waals surface area contributed by atoms with Crippen LogP contribution in [0.5, 0.6) is 0 Å². The third kappa shape index (κ3) is 3.36. The molecule has 0 aliphatic rings. The van der Waals surface area contributed by atoms with Gasteiger partial charge in [-0.2, -0.15) is 0 Å². The molecule has 0 bridgehead atoms. The Kier molecular flexibility index (Phi) is 4.60. The van der Waals surface area contributed by atoms with Crippen LogP contribution in [0.2, 0.25) is 0 Å². The summed E-state index contributed by atoms with van der Waals surface area (Å²) in [5, 5.41) is 2.87. The Balaban J connectivity index is 2.13. The minimum absolute atomic E-state index is 0.201. The van der Waals surface area contributed by atoms with E-state index in [2.05, 4.69) is 5.32 Å². The summed E-state index contributed by atoms with van der Waals surface area (Å²) in [5.74, 6) is -0.201. The number of thioether (sulfide) groups is 1. The Labute approximate surface area is 117 Å². The van der Waals surface area contributed by atoms with Gasteiger partial charge < -0.3 is 11.1 Å². The largest absolute Gasteiger partial charge is 0.323 e. The van der Waals surface area contributed by atoms with Gasteiger partial charge in [-0.15, -0.1) is 11.8 Å². The van der Waals surface area contributed by atoms with E-state index < -0.39 is 6.04 Å². The first-order chi connectivity index (χ1) is 9.22. The van der Waals surface area contributed by atoms with E-state index in [1.54, 1.807) is 11.8 Å². The number of amides is 1. The summed E-state index contributed by atoms with van der Waals surface area (Å²) in [5.41, 5.74) is 7.56. The number of carbonyl (C=O) groups is 1. The molecule has 1 atom stereocenters. The third-order valence-electron chi connectivity index (χ3n) is 2.81. The van der Waals surface area contributed by atoms with Crippen LogP contribution in [-0.4, -0.2) is 12.2 Å². The number of rotatable bonds is 4. The van der Waals surface area contributed by atoms with E-state index >= 15 is 0 Å². The lowest BCUT2D eigenvalue weighted by Crippen LogP contribution is -2.27. The Morgan fingerprint density at radius 3 is 2.42 bits per heavy atom. The van der Waals surface area contributed by atoms with Gasteiger partial charge in [-0.3, -0.25) is 4.79 Å². The first-order valence-electron chi connectivity index (χ1n) is 5.97. The molecule has 0 unspecified atom stereocenters. The summed E-state index contributed by atoms with van der Waals surface area (Å²) in [6.07, 6.45) is 1.97. The van der Waals surface area contributed by atoms with Gasteiger partial charge in [0.05, 0.1) is 5.69 Å². The lowest BCUT2D eigenvalue weighted by atomic mass is 10.1. The van der Waals surface area contributed by atoms with Gasteiger partial charge in [-0.05, 0) is 24.0 Å². The van der Waals surface area contributed by atoms with Gasteiger partial charge in [-0.25, -0.2) is 0 Å². The van der Waals surface area contributed by atoms with Crippen molar-refractivity contribution in [3.05, 3.63) is 60.2 Å². The smallest absolute Gasteiger partial charge is 0.245 e. The molecule has 0 saturated carbocycles. The molecule has 0 aromatic heterocycles. The van der Waals surface area contributed by atoms with Crippen LogP contribution in [-0.2, 0) is 4.79 Å². The molecule has 0 saturated heterocycles. The second-order valence-corrected chi connectivity index (χ2v) is 4.93. The van der Waals surface area contributed by atoms with E-state index in [0.717, 1.165) is 16.1 Å². The summed E-state index contributed by atoms with van der Waals surface area (Å²) in [6.45, 7) is 0. The number of carbonyl (C=O) groups excluding carboxylic acids is 1. The molecule has 3 N–H and O–H groups in total. The molecule has 2 rings (SSSR count). The normalized spacial score (nSPS) is 11.9. The van der Waals surface area contributed by atoms with Crippen molar-refractivity contribution in [1.82, 2.24) is 0 Å². The molecule has 0 fully saturated rings. The zero-order chi connectivity index (χ0) is 13.7. The van der Waals surface area contributed by atoms with Crippen LogP contribution in [0, 0.1) is 0 Å². The van der Waals surface area contributed by atoms with Crippen molar-refractivity contribution in [1.29, 1.82) is 0 Å². The van der Waals surface area contributed by atoms with Crippen molar-refractivity contribution < 1.29 is 4.79 Å². The Morgan fingerprint density at radius 2 is 1.74 bits per heavy atom. The second-order valence-electron chi connectivity index (χ2n) is 4.08. The Hall–Kier alpha value is -1.78. The molecule has 2 aromatic carbocycles. The molecule has 4 heteroatoms. The SMILES string of the molecule is CSc1ccccc1NC(=O)[C@@H](N)c1ccccc1. The van der Waals surface area contributed by atoms with Gasteiger partial charge >= 0.3 is 0 Å². The van der Waals surface area contributed by atoms with Crippen LogP contribution in [0.1, 0.15) is 11.6 Å². The fourth-order valence-corrected chi connectivity index (χ4v) is 2.32. The number of para-hydroxylation sites is 1. The number of hydrogen-bond donors (Lipinski definition) is 2. The summed E-state index contributed by atoms with van der Waals surface area (Å²) in [4.78, 5) is 13.2. The van der Waals surface area contributed by atoms with Gasteiger partial charge in [0.25, 0.3) is 0 Å². The number of nitrogens with two attached hydrogens (primary N) is 1. The van der Waals surface area contributed by atoms with Gasteiger partial charge in [-0.1, -0.05) is 42.5 Å². The van der Waals surface area contributed by atoms with Crippen molar-refractivity contribution in [2.75, 3.05) is 11.6 Å². The molecule has 3 nitrogen and oxygen atoms in total. The maximum absolute atomic E-state index is 12.1. The molecule has 0 heterocycles. The average Bonchev–Trinajstić information content (AvgIpc) is 2.48. The van der Waals surface area contributed by atoms with Crippen LogP contribution in [0.15, 0.2) is 59.5 Å². The second kappa shape index (κ2) is 6.41. The highest BCUT2D eigenvalue weighted by molar-refractivity contribution is 7.98. The van der Waals surface area contributed by atoms with Crippen molar-refractivity contribution in [3.63, 3.8) is 0 Å². The molecule has 98 valence electrons.